The number of carbonyl (C=O) groups excluding carboxylic acids is 1. The van der Waals surface area contributed by atoms with Crippen molar-refractivity contribution in [2.45, 2.75) is 39.4 Å². The fraction of sp³-hybridized carbons (Fsp3) is 0.333. The Morgan fingerprint density at radius 1 is 1.31 bits per heavy atom. The Morgan fingerprint density at radius 2 is 2.21 bits per heavy atom. The molecule has 0 aromatic carbocycles. The van der Waals surface area contributed by atoms with Crippen molar-refractivity contribution in [1.82, 2.24) is 25.2 Å². The summed E-state index contributed by atoms with van der Waals surface area (Å²) >= 11 is 1.63. The number of aromatic amines is 1. The largest absolute Gasteiger partial charge is 0.346 e. The first-order chi connectivity index (χ1) is 14.1. The normalized spacial score (nSPS) is 13.8. The number of aryl methyl sites for hydroxylation is 1. The standard InChI is InChI=1S/C21H23N5O2S/c1-2-14-3-4-15(22-8-14)10-26-6-5-17-18(12-29-19(17)11-26)21(28)23-9-16-7-20(27)25-13-24-16/h3-4,7-8,12-13H,2,5-6,9-11H2,1H3,(H,23,28)(H,24,25,27). The van der Waals surface area contributed by atoms with Crippen LogP contribution in [0.5, 0.6) is 0 Å². The molecule has 150 valence electrons. The van der Waals surface area contributed by atoms with Crippen molar-refractivity contribution in [2.24, 2.45) is 0 Å². The quantitative estimate of drug-likeness (QED) is 0.652. The van der Waals surface area contributed by atoms with Gasteiger partial charge in [-0.2, -0.15) is 0 Å². The van der Waals surface area contributed by atoms with E-state index in [1.165, 1.54) is 22.8 Å². The van der Waals surface area contributed by atoms with Gasteiger partial charge in [-0.25, -0.2) is 4.98 Å². The van der Waals surface area contributed by atoms with Crippen LogP contribution in [0.2, 0.25) is 0 Å². The molecule has 4 heterocycles. The maximum atomic E-state index is 12.6. The number of hydrogen-bond donors (Lipinski definition) is 2. The Bertz CT molecular complexity index is 1060. The molecule has 0 unspecified atom stereocenters. The van der Waals surface area contributed by atoms with E-state index in [2.05, 4.69) is 44.2 Å². The highest BCUT2D eigenvalue weighted by Gasteiger charge is 2.24. The first-order valence-electron chi connectivity index (χ1n) is 9.69. The minimum atomic E-state index is -0.226. The van der Waals surface area contributed by atoms with Gasteiger partial charge in [0.15, 0.2) is 0 Å². The summed E-state index contributed by atoms with van der Waals surface area (Å²) in [6, 6.07) is 5.63. The molecule has 0 bridgehead atoms. The first kappa shape index (κ1) is 19.5. The highest BCUT2D eigenvalue weighted by Crippen LogP contribution is 2.29. The van der Waals surface area contributed by atoms with Gasteiger partial charge in [0, 0.05) is 42.2 Å². The maximum Gasteiger partial charge on any atom is 0.252 e. The highest BCUT2D eigenvalue weighted by molar-refractivity contribution is 7.10. The van der Waals surface area contributed by atoms with Gasteiger partial charge in [-0.3, -0.25) is 19.5 Å². The Morgan fingerprint density at radius 3 is 2.97 bits per heavy atom. The highest BCUT2D eigenvalue weighted by atomic mass is 32.1. The molecule has 3 aromatic rings. The van der Waals surface area contributed by atoms with Crippen LogP contribution >= 0.6 is 11.3 Å². The number of aromatic nitrogens is 3. The van der Waals surface area contributed by atoms with E-state index >= 15 is 0 Å². The summed E-state index contributed by atoms with van der Waals surface area (Å²) in [5, 5.41) is 4.80. The second kappa shape index (κ2) is 8.67. The third-order valence-corrected chi connectivity index (χ3v) is 6.13. The van der Waals surface area contributed by atoms with Gasteiger partial charge in [0.25, 0.3) is 11.5 Å². The predicted molar refractivity (Wildman–Crippen MR) is 112 cm³/mol. The van der Waals surface area contributed by atoms with Gasteiger partial charge < -0.3 is 10.3 Å². The zero-order valence-electron chi connectivity index (χ0n) is 16.3. The van der Waals surface area contributed by atoms with Crippen LogP contribution < -0.4 is 10.9 Å². The number of nitrogens with one attached hydrogen (secondary N) is 2. The molecule has 2 N–H and O–H groups in total. The van der Waals surface area contributed by atoms with Crippen LogP contribution in [0.15, 0.2) is 40.9 Å². The summed E-state index contributed by atoms with van der Waals surface area (Å²) in [7, 11) is 0. The van der Waals surface area contributed by atoms with Crippen molar-refractivity contribution in [1.29, 1.82) is 0 Å². The minimum Gasteiger partial charge on any atom is -0.346 e. The Hall–Kier alpha value is -2.84. The lowest BCUT2D eigenvalue weighted by molar-refractivity contribution is 0.0949. The molecule has 3 aromatic heterocycles. The molecule has 0 aliphatic carbocycles. The van der Waals surface area contributed by atoms with Gasteiger partial charge in [0.05, 0.1) is 29.8 Å². The summed E-state index contributed by atoms with van der Waals surface area (Å²) in [6.07, 6.45) is 5.14. The number of rotatable bonds is 6. The third kappa shape index (κ3) is 4.60. The molecule has 7 nitrogen and oxygen atoms in total. The van der Waals surface area contributed by atoms with Crippen LogP contribution in [0.1, 0.15) is 44.7 Å². The zero-order chi connectivity index (χ0) is 20.2. The number of amides is 1. The Kier molecular flexibility index (Phi) is 5.82. The number of fused-ring (bicyclic) bond motifs is 1. The minimum absolute atomic E-state index is 0.116. The van der Waals surface area contributed by atoms with E-state index in [1.54, 1.807) is 11.3 Å². The number of nitrogens with zero attached hydrogens (tertiary/aromatic N) is 3. The van der Waals surface area contributed by atoms with Crippen LogP contribution in [0.4, 0.5) is 0 Å². The van der Waals surface area contributed by atoms with Crippen LogP contribution in [0, 0.1) is 0 Å². The van der Waals surface area contributed by atoms with E-state index in [4.69, 9.17) is 0 Å². The van der Waals surface area contributed by atoms with E-state index in [9.17, 15) is 9.59 Å². The summed E-state index contributed by atoms with van der Waals surface area (Å²) in [4.78, 5) is 38.7. The van der Waals surface area contributed by atoms with Gasteiger partial charge in [-0.05, 0) is 30.0 Å². The van der Waals surface area contributed by atoms with E-state index in [0.29, 0.717) is 5.69 Å². The molecule has 1 aliphatic rings. The van der Waals surface area contributed by atoms with Crippen molar-refractivity contribution in [3.05, 3.63) is 79.4 Å². The zero-order valence-corrected chi connectivity index (χ0v) is 17.1. The molecule has 4 rings (SSSR count). The average molecular weight is 410 g/mol. The topological polar surface area (TPSA) is 91.0 Å². The van der Waals surface area contributed by atoms with Crippen molar-refractivity contribution < 1.29 is 4.79 Å². The molecule has 0 atom stereocenters. The second-order valence-corrected chi connectivity index (χ2v) is 8.07. The maximum absolute atomic E-state index is 12.6. The van der Waals surface area contributed by atoms with Gasteiger partial charge in [-0.15, -0.1) is 11.3 Å². The lowest BCUT2D eigenvalue weighted by Gasteiger charge is -2.27. The fourth-order valence-electron chi connectivity index (χ4n) is 3.47. The van der Waals surface area contributed by atoms with Gasteiger partial charge in [0.1, 0.15) is 0 Å². The van der Waals surface area contributed by atoms with Crippen molar-refractivity contribution >= 4 is 17.2 Å². The molecule has 0 saturated carbocycles. The smallest absolute Gasteiger partial charge is 0.252 e. The molecular weight excluding hydrogens is 386 g/mol. The fourth-order valence-corrected chi connectivity index (χ4v) is 4.59. The number of hydrogen-bond acceptors (Lipinski definition) is 6. The molecule has 29 heavy (non-hydrogen) atoms. The van der Waals surface area contributed by atoms with E-state index < -0.39 is 0 Å². The molecule has 0 saturated heterocycles. The number of pyridine rings is 1. The van der Waals surface area contributed by atoms with Crippen molar-refractivity contribution in [3.8, 4) is 0 Å². The van der Waals surface area contributed by atoms with Crippen LogP contribution in [0.3, 0.4) is 0 Å². The molecule has 0 radical (unpaired) electrons. The molecule has 8 heteroatoms. The predicted octanol–water partition coefficient (Wildman–Crippen LogP) is 2.28. The molecule has 1 aliphatic heterocycles. The molecule has 1 amide bonds. The monoisotopic (exact) mass is 409 g/mol. The third-order valence-electron chi connectivity index (χ3n) is 5.12. The summed E-state index contributed by atoms with van der Waals surface area (Å²) < 4.78 is 0. The van der Waals surface area contributed by atoms with Crippen LogP contribution in [0.25, 0.3) is 0 Å². The van der Waals surface area contributed by atoms with E-state index in [1.807, 2.05) is 11.6 Å². The first-order valence-corrected chi connectivity index (χ1v) is 10.6. The Balaban J connectivity index is 1.38. The van der Waals surface area contributed by atoms with Crippen LogP contribution in [-0.4, -0.2) is 32.3 Å². The van der Waals surface area contributed by atoms with Gasteiger partial charge in [-0.1, -0.05) is 13.0 Å². The SMILES string of the molecule is CCc1ccc(CN2CCc3c(C(=O)NCc4cc(=O)[nH]cn4)csc3C2)nc1. The lowest BCUT2D eigenvalue weighted by Crippen LogP contribution is -2.31. The number of thiophene rings is 1. The Labute approximate surface area is 172 Å². The van der Waals surface area contributed by atoms with Gasteiger partial charge >= 0.3 is 0 Å². The molecule has 0 fully saturated rings. The van der Waals surface area contributed by atoms with Crippen molar-refractivity contribution in [2.75, 3.05) is 6.54 Å². The summed E-state index contributed by atoms with van der Waals surface area (Å²) in [5.41, 5.74) is 4.51. The van der Waals surface area contributed by atoms with Gasteiger partial charge in [0.2, 0.25) is 0 Å². The molecular formula is C21H23N5O2S. The molecule has 0 spiro atoms. The summed E-state index contributed by atoms with van der Waals surface area (Å²) in [5.74, 6) is -0.116. The second-order valence-electron chi connectivity index (χ2n) is 7.11. The van der Waals surface area contributed by atoms with Crippen LogP contribution in [-0.2, 0) is 32.5 Å². The lowest BCUT2D eigenvalue weighted by atomic mass is 10.0. The number of H-pyrrole nitrogens is 1. The summed E-state index contributed by atoms with van der Waals surface area (Å²) in [6.45, 7) is 4.91. The number of carbonyl (C=O) groups is 1. The van der Waals surface area contributed by atoms with E-state index in [-0.39, 0.29) is 18.0 Å². The van der Waals surface area contributed by atoms with E-state index in [0.717, 1.165) is 49.3 Å². The van der Waals surface area contributed by atoms with Crippen molar-refractivity contribution in [3.63, 3.8) is 0 Å². The average Bonchev–Trinajstić information content (AvgIpc) is 3.16.